The van der Waals surface area contributed by atoms with Crippen molar-refractivity contribution in [3.05, 3.63) is 42.0 Å². The molecule has 0 spiro atoms. The summed E-state index contributed by atoms with van der Waals surface area (Å²) >= 11 is 0. The van der Waals surface area contributed by atoms with Crippen LogP contribution in [0.5, 0.6) is 5.75 Å². The van der Waals surface area contributed by atoms with Crippen molar-refractivity contribution in [2.45, 2.75) is 19.4 Å². The van der Waals surface area contributed by atoms with Crippen LogP contribution in [0.25, 0.3) is 0 Å². The zero-order valence-corrected chi connectivity index (χ0v) is 8.66. The van der Waals surface area contributed by atoms with Crippen LogP contribution in [0.15, 0.2) is 30.9 Å². The van der Waals surface area contributed by atoms with E-state index < -0.39 is 6.10 Å². The number of aryl methyl sites for hydroxylation is 1. The molecule has 0 fully saturated rings. The van der Waals surface area contributed by atoms with E-state index >= 15 is 0 Å². The van der Waals surface area contributed by atoms with Crippen LogP contribution in [0, 0.1) is 6.92 Å². The molecule has 2 heteroatoms. The Bertz CT molecular complexity index is 318. The fourth-order valence-corrected chi connectivity index (χ4v) is 1.43. The maximum Gasteiger partial charge on any atom is 0.119 e. The van der Waals surface area contributed by atoms with Gasteiger partial charge in [0, 0.05) is 0 Å². The molecule has 0 radical (unpaired) electrons. The smallest absolute Gasteiger partial charge is 0.119 e. The highest BCUT2D eigenvalue weighted by Gasteiger charge is 2.08. The van der Waals surface area contributed by atoms with Crippen LogP contribution in [0.2, 0.25) is 0 Å². The second-order valence-corrected chi connectivity index (χ2v) is 3.26. The lowest BCUT2D eigenvalue weighted by Gasteiger charge is -2.12. The normalized spacial score (nSPS) is 12.2. The second-order valence-electron chi connectivity index (χ2n) is 3.26. The number of hydrogen-bond acceptors (Lipinski definition) is 2. The van der Waals surface area contributed by atoms with Gasteiger partial charge in [0.1, 0.15) is 5.75 Å². The number of benzene rings is 1. The lowest BCUT2D eigenvalue weighted by Crippen LogP contribution is -1.98. The molecule has 14 heavy (non-hydrogen) atoms. The van der Waals surface area contributed by atoms with Gasteiger partial charge in [0.2, 0.25) is 0 Å². The van der Waals surface area contributed by atoms with E-state index in [0.29, 0.717) is 6.42 Å². The molecule has 1 atom stereocenters. The monoisotopic (exact) mass is 192 g/mol. The topological polar surface area (TPSA) is 29.5 Å². The van der Waals surface area contributed by atoms with E-state index in [1.165, 1.54) is 0 Å². The van der Waals surface area contributed by atoms with Crippen LogP contribution in [0.1, 0.15) is 23.7 Å². The Morgan fingerprint density at radius 1 is 1.57 bits per heavy atom. The van der Waals surface area contributed by atoms with E-state index in [4.69, 9.17) is 4.74 Å². The average molecular weight is 192 g/mol. The number of aliphatic hydroxyl groups is 1. The van der Waals surface area contributed by atoms with E-state index in [0.717, 1.165) is 16.9 Å². The van der Waals surface area contributed by atoms with Crippen molar-refractivity contribution in [2.24, 2.45) is 0 Å². The molecule has 0 unspecified atom stereocenters. The van der Waals surface area contributed by atoms with Gasteiger partial charge in [-0.3, -0.25) is 0 Å². The molecule has 0 aliphatic carbocycles. The zero-order chi connectivity index (χ0) is 10.6. The molecule has 0 bridgehead atoms. The molecule has 2 nitrogen and oxygen atoms in total. The van der Waals surface area contributed by atoms with Crippen molar-refractivity contribution in [3.8, 4) is 5.75 Å². The Morgan fingerprint density at radius 2 is 2.29 bits per heavy atom. The van der Waals surface area contributed by atoms with Crippen LogP contribution in [0.3, 0.4) is 0 Å². The van der Waals surface area contributed by atoms with Crippen LogP contribution < -0.4 is 4.74 Å². The van der Waals surface area contributed by atoms with E-state index in [1.807, 2.05) is 25.1 Å². The van der Waals surface area contributed by atoms with E-state index in [2.05, 4.69) is 6.58 Å². The summed E-state index contributed by atoms with van der Waals surface area (Å²) in [5.41, 5.74) is 1.98. The van der Waals surface area contributed by atoms with Gasteiger partial charge in [-0.25, -0.2) is 0 Å². The highest BCUT2D eigenvalue weighted by Crippen LogP contribution is 2.24. The molecule has 0 aliphatic heterocycles. The number of aliphatic hydroxyl groups excluding tert-OH is 1. The molecule has 0 amide bonds. The molecular weight excluding hydrogens is 176 g/mol. The van der Waals surface area contributed by atoms with Crippen LogP contribution in [-0.4, -0.2) is 12.2 Å². The Balaban J connectivity index is 2.93. The third-order valence-electron chi connectivity index (χ3n) is 2.23. The van der Waals surface area contributed by atoms with Crippen molar-refractivity contribution in [2.75, 3.05) is 7.11 Å². The number of hydrogen-bond donors (Lipinski definition) is 1. The van der Waals surface area contributed by atoms with Gasteiger partial charge in [-0.15, -0.1) is 6.58 Å². The Kier molecular flexibility index (Phi) is 3.72. The molecule has 0 aromatic heterocycles. The number of rotatable bonds is 4. The second kappa shape index (κ2) is 4.82. The van der Waals surface area contributed by atoms with Crippen LogP contribution >= 0.6 is 0 Å². The fourth-order valence-electron chi connectivity index (χ4n) is 1.43. The lowest BCUT2D eigenvalue weighted by molar-refractivity contribution is 0.181. The number of ether oxygens (including phenoxy) is 1. The van der Waals surface area contributed by atoms with Gasteiger partial charge in [0.25, 0.3) is 0 Å². The maximum atomic E-state index is 9.75. The highest BCUT2D eigenvalue weighted by molar-refractivity contribution is 5.36. The van der Waals surface area contributed by atoms with Gasteiger partial charge < -0.3 is 9.84 Å². The van der Waals surface area contributed by atoms with Gasteiger partial charge in [-0.2, -0.15) is 0 Å². The minimum Gasteiger partial charge on any atom is -0.497 e. The minimum absolute atomic E-state index is 0.460. The third-order valence-corrected chi connectivity index (χ3v) is 2.23. The fraction of sp³-hybridized carbons (Fsp3) is 0.333. The largest absolute Gasteiger partial charge is 0.497 e. The van der Waals surface area contributed by atoms with Gasteiger partial charge >= 0.3 is 0 Å². The predicted molar refractivity (Wildman–Crippen MR) is 57.5 cm³/mol. The zero-order valence-electron chi connectivity index (χ0n) is 8.66. The quantitative estimate of drug-likeness (QED) is 0.743. The molecule has 1 aromatic rings. The summed E-state index contributed by atoms with van der Waals surface area (Å²) in [4.78, 5) is 0. The lowest BCUT2D eigenvalue weighted by atomic mass is 10.0. The third kappa shape index (κ3) is 2.36. The summed E-state index contributed by atoms with van der Waals surface area (Å²) in [6.45, 7) is 5.57. The Labute approximate surface area is 84.8 Å². The summed E-state index contributed by atoms with van der Waals surface area (Å²) in [6, 6.07) is 5.67. The molecule has 0 saturated carbocycles. The van der Waals surface area contributed by atoms with Crippen LogP contribution in [-0.2, 0) is 0 Å². The summed E-state index contributed by atoms with van der Waals surface area (Å²) in [5.74, 6) is 0.817. The first kappa shape index (κ1) is 10.8. The van der Waals surface area contributed by atoms with Gasteiger partial charge in [0.05, 0.1) is 13.2 Å². The van der Waals surface area contributed by atoms with Crippen LogP contribution in [0.4, 0.5) is 0 Å². The summed E-state index contributed by atoms with van der Waals surface area (Å²) in [5, 5.41) is 9.75. The molecular formula is C12H16O2. The predicted octanol–water partition coefficient (Wildman–Crippen LogP) is 2.61. The molecule has 1 aromatic carbocycles. The summed E-state index contributed by atoms with van der Waals surface area (Å²) in [7, 11) is 1.63. The van der Waals surface area contributed by atoms with Crippen molar-refractivity contribution in [1.82, 2.24) is 0 Å². The van der Waals surface area contributed by atoms with Gasteiger partial charge in [-0.05, 0) is 36.6 Å². The first-order chi connectivity index (χ1) is 6.69. The van der Waals surface area contributed by atoms with Crippen molar-refractivity contribution in [3.63, 3.8) is 0 Å². The molecule has 1 N–H and O–H groups in total. The van der Waals surface area contributed by atoms with E-state index in [1.54, 1.807) is 13.2 Å². The average Bonchev–Trinajstić information content (AvgIpc) is 2.17. The van der Waals surface area contributed by atoms with Crippen molar-refractivity contribution in [1.29, 1.82) is 0 Å². The van der Waals surface area contributed by atoms with Crippen molar-refractivity contribution < 1.29 is 9.84 Å². The summed E-state index contributed by atoms with van der Waals surface area (Å²) in [6.07, 6.45) is 1.83. The Hall–Kier alpha value is -1.28. The molecule has 0 saturated heterocycles. The molecule has 0 heterocycles. The highest BCUT2D eigenvalue weighted by atomic mass is 16.5. The maximum absolute atomic E-state index is 9.75. The van der Waals surface area contributed by atoms with Gasteiger partial charge in [0.15, 0.2) is 0 Å². The number of methoxy groups -OCH3 is 1. The summed E-state index contributed by atoms with van der Waals surface area (Å²) < 4.78 is 5.09. The SMILES string of the molecule is C=CC[C@H](O)c1ccc(OC)cc1C. The molecule has 76 valence electrons. The first-order valence-corrected chi connectivity index (χ1v) is 4.62. The molecule has 0 aliphatic rings. The van der Waals surface area contributed by atoms with Crippen molar-refractivity contribution >= 4 is 0 Å². The van der Waals surface area contributed by atoms with E-state index in [9.17, 15) is 5.11 Å². The Morgan fingerprint density at radius 3 is 2.79 bits per heavy atom. The first-order valence-electron chi connectivity index (χ1n) is 4.62. The van der Waals surface area contributed by atoms with Gasteiger partial charge in [-0.1, -0.05) is 12.1 Å². The minimum atomic E-state index is -0.460. The van der Waals surface area contributed by atoms with E-state index in [-0.39, 0.29) is 0 Å². The standard InChI is InChI=1S/C12H16O2/c1-4-5-12(13)11-7-6-10(14-3)8-9(11)2/h4,6-8,12-13H,1,5H2,2-3H3/t12-/m0/s1. The molecule has 1 rings (SSSR count).